The number of anilines is 1. The van der Waals surface area contributed by atoms with Gasteiger partial charge in [-0.2, -0.15) is 5.10 Å². The van der Waals surface area contributed by atoms with Crippen LogP contribution in [-0.4, -0.2) is 135 Å². The predicted molar refractivity (Wildman–Crippen MR) is 286 cm³/mol. The molecule has 0 spiro atoms. The largest absolute Gasteiger partial charge is 0.507 e. The molecule has 0 amide bonds. The van der Waals surface area contributed by atoms with Crippen molar-refractivity contribution >= 4 is 52.5 Å². The summed E-state index contributed by atoms with van der Waals surface area (Å²) in [6.45, 7) is 15.5. The number of aryl methyl sites for hydroxylation is 1. The number of aromatic carboxylic acids is 1. The number of phenolic OH excluding ortho intramolecular Hbond substituents is 1. The van der Waals surface area contributed by atoms with Crippen molar-refractivity contribution in [1.82, 2.24) is 9.41 Å². The molecule has 5 bridgehead atoms. The first-order chi connectivity index (χ1) is 37.3. The van der Waals surface area contributed by atoms with Gasteiger partial charge in [-0.05, 0) is 68.4 Å². The van der Waals surface area contributed by atoms with Crippen LogP contribution in [0.15, 0.2) is 69.4 Å². The Kier molecular flexibility index (Phi) is 15.3. The normalized spacial score (nSPS) is 31.1. The van der Waals surface area contributed by atoms with Gasteiger partial charge < -0.3 is 44.3 Å². The Morgan fingerprint density at radius 3 is 2.18 bits per heavy atom. The van der Waals surface area contributed by atoms with Gasteiger partial charge >= 0.3 is 17.7 Å². The molecule has 4 N–H and O–H groups in total. The minimum absolute atomic E-state index is 0.0409. The molecule has 2 aromatic heterocycles. The van der Waals surface area contributed by atoms with Crippen molar-refractivity contribution in [3.8, 4) is 11.5 Å². The quantitative estimate of drug-likeness (QED) is 0.144. The molecule has 79 heavy (non-hydrogen) atoms. The number of phenols is 1. The first-order valence-corrected chi connectivity index (χ1v) is 26.7. The van der Waals surface area contributed by atoms with E-state index in [1.807, 2.05) is 4.90 Å². The number of aliphatic hydroxyl groups excluding tert-OH is 2. The van der Waals surface area contributed by atoms with Gasteiger partial charge in [0.15, 0.2) is 23.2 Å². The van der Waals surface area contributed by atoms with E-state index in [0.29, 0.717) is 48.5 Å². The van der Waals surface area contributed by atoms with Crippen LogP contribution in [0.3, 0.4) is 0 Å². The molecule has 420 valence electrons. The molecular formula is C59H67FN4O15. The van der Waals surface area contributed by atoms with Gasteiger partial charge in [0.05, 0.1) is 70.5 Å². The lowest BCUT2D eigenvalue weighted by molar-refractivity contribution is -0.160. The van der Waals surface area contributed by atoms with Crippen molar-refractivity contribution in [3.63, 3.8) is 0 Å². The Hall–Kier alpha value is -7.29. The molecule has 2 aliphatic carbocycles. The lowest BCUT2D eigenvalue weighted by Crippen LogP contribution is -2.46. The Bertz CT molecular complexity index is 3320. The summed E-state index contributed by atoms with van der Waals surface area (Å²) in [4.78, 5) is 98.6. The number of aliphatic hydroxyl groups is 2. The van der Waals surface area contributed by atoms with Crippen molar-refractivity contribution in [3.05, 3.63) is 115 Å². The van der Waals surface area contributed by atoms with Crippen molar-refractivity contribution in [2.45, 2.75) is 118 Å². The number of benzene rings is 1. The van der Waals surface area contributed by atoms with Gasteiger partial charge in [-0.3, -0.25) is 38.2 Å². The van der Waals surface area contributed by atoms with Crippen molar-refractivity contribution in [1.29, 1.82) is 0 Å². The van der Waals surface area contributed by atoms with Crippen LogP contribution in [0.4, 0.5) is 10.1 Å². The van der Waals surface area contributed by atoms with E-state index in [0.717, 1.165) is 29.7 Å². The average Bonchev–Trinajstić information content (AvgIpc) is 4.26. The van der Waals surface area contributed by atoms with Gasteiger partial charge in [-0.15, -0.1) is 0 Å². The average molecular weight is 1090 g/mol. The molecule has 1 saturated carbocycles. The number of fused-ring (bicyclic) bond motifs is 16. The third kappa shape index (κ3) is 10.00. The number of hydrazone groups is 1. The van der Waals surface area contributed by atoms with Crippen LogP contribution in [0.25, 0.3) is 5.52 Å². The van der Waals surface area contributed by atoms with Crippen molar-refractivity contribution in [2.75, 3.05) is 38.2 Å². The minimum atomic E-state index is -2.16. The van der Waals surface area contributed by atoms with Crippen LogP contribution in [0.2, 0.25) is 0 Å². The van der Waals surface area contributed by atoms with Crippen LogP contribution in [0, 0.1) is 55.2 Å². The highest BCUT2D eigenvalue weighted by atomic mass is 19.1. The van der Waals surface area contributed by atoms with Gasteiger partial charge in [0.1, 0.15) is 23.2 Å². The third-order valence-electron chi connectivity index (χ3n) is 17.1. The van der Waals surface area contributed by atoms with E-state index in [9.17, 15) is 49.2 Å². The first kappa shape index (κ1) is 56.4. The second kappa shape index (κ2) is 21.4. The molecule has 7 heterocycles. The number of halogens is 1. The number of carbonyl (C=O) groups is 6. The second-order valence-corrected chi connectivity index (χ2v) is 22.4. The number of hydrogen-bond donors (Lipinski definition) is 4. The smallest absolute Gasteiger partial charge is 0.341 e. The van der Waals surface area contributed by atoms with E-state index < -0.39 is 129 Å². The molecule has 0 radical (unpaired) electrons. The number of aromatic nitrogens is 1. The standard InChI is InChI=1S/C59H67FN4O15/c1-26-12-11-13-27(2)49(67)30(5)50(68)31(6)54(78-33(8)65)28(3)43(76-10)16-17-77-59(9)56(72)46-44-45(51(69)32(7)55(46)79-59)52(70)38(19-42(26)66)40(53(44)71)20-61-63-23-35-21-62(22-36(35)24-63)48-29(4)47-37(34-14-15-34)18-39(58(74)75)57(73)64(47)25-41(48)60/h11-13,16-18,20,25,27-28,30-31,34-36,43,49-50,54,67-69H,14-15,19,21-24H2,1-10H3,(H,74,75)/b13-11+,17-16+,26-12-,61-20+/t27-,28+,30+,31+,35?,36?,43-,49-,50+,54+,59-/m0/s1. The highest BCUT2D eigenvalue weighted by Gasteiger charge is 2.53. The number of aromatic hydroxyl groups is 1. The maximum absolute atomic E-state index is 16.2. The topological polar surface area (TPSA) is 261 Å². The summed E-state index contributed by atoms with van der Waals surface area (Å²) in [6, 6.07) is 1.42. The van der Waals surface area contributed by atoms with Gasteiger partial charge in [0.2, 0.25) is 0 Å². The molecule has 2 saturated heterocycles. The van der Waals surface area contributed by atoms with Gasteiger partial charge in [0.25, 0.3) is 11.3 Å². The Balaban J connectivity index is 1.06. The summed E-state index contributed by atoms with van der Waals surface area (Å²) in [5, 5.41) is 51.1. The monoisotopic (exact) mass is 1090 g/mol. The minimum Gasteiger partial charge on any atom is -0.507 e. The molecule has 3 fully saturated rings. The summed E-state index contributed by atoms with van der Waals surface area (Å²) in [5.41, 5.74) is -0.917. The SMILES string of the molecule is CO[C@H]1/C=C/O[C@@]2(C)Oc3c(C)c(O)c4c(c3C2=O)C(=O)C(/C=N/N2CC3CN(c5c(F)cn6c(=O)c(C(=O)O)cc(C7CC7)c6c5C)CC3C2)=C(CC(=O)/C(C)=C\C=C\[C@H](C)[C@H](O)[C@@H](C)[C@@H](O)[C@@H](C)[C@H](OC(C)=O)[C@@H]1C)C4=O. The molecule has 3 aromatic rings. The summed E-state index contributed by atoms with van der Waals surface area (Å²) in [6.07, 6.45) is 6.51. The number of carboxylic acids is 1. The zero-order valence-corrected chi connectivity index (χ0v) is 45.9. The lowest BCUT2D eigenvalue weighted by atomic mass is 9.77. The van der Waals surface area contributed by atoms with Crippen LogP contribution in [0.1, 0.15) is 132 Å². The predicted octanol–water partition coefficient (Wildman–Crippen LogP) is 6.58. The van der Waals surface area contributed by atoms with Crippen LogP contribution in [0.5, 0.6) is 11.5 Å². The number of ether oxygens (including phenoxy) is 4. The van der Waals surface area contributed by atoms with Crippen LogP contribution < -0.4 is 15.2 Å². The fourth-order valence-electron chi connectivity index (χ4n) is 12.3. The van der Waals surface area contributed by atoms with Gasteiger partial charge in [0, 0.05) is 100 Å². The molecule has 20 heteroatoms. The maximum Gasteiger partial charge on any atom is 0.341 e. The van der Waals surface area contributed by atoms with Gasteiger partial charge in [-0.25, -0.2) is 9.18 Å². The third-order valence-corrected chi connectivity index (χ3v) is 17.1. The fraction of sp³-hybridized carbons (Fsp3) is 0.492. The molecule has 1 aromatic carbocycles. The van der Waals surface area contributed by atoms with Crippen LogP contribution >= 0.6 is 0 Å². The van der Waals surface area contributed by atoms with Crippen LogP contribution in [-0.2, 0) is 23.8 Å². The summed E-state index contributed by atoms with van der Waals surface area (Å²) in [5.74, 6) is -11.6. The number of pyridine rings is 2. The Labute approximate surface area is 455 Å². The van der Waals surface area contributed by atoms with Gasteiger partial charge in [-0.1, -0.05) is 45.9 Å². The summed E-state index contributed by atoms with van der Waals surface area (Å²) >= 11 is 0. The van der Waals surface area contributed by atoms with Crippen molar-refractivity contribution < 1.29 is 72.5 Å². The number of methoxy groups -OCH3 is 1. The molecule has 5 aliphatic heterocycles. The number of ketones is 4. The zero-order chi connectivity index (χ0) is 57.4. The Morgan fingerprint density at radius 1 is 0.886 bits per heavy atom. The number of carboxylic acid groups (broad SMARTS) is 1. The molecule has 7 aliphatic rings. The Morgan fingerprint density at radius 2 is 1.56 bits per heavy atom. The van der Waals surface area contributed by atoms with E-state index in [-0.39, 0.29) is 51.3 Å². The molecule has 10 rings (SSSR count). The maximum atomic E-state index is 16.2. The number of esters is 1. The molecule has 19 nitrogen and oxygen atoms in total. The number of nitrogens with zero attached hydrogens (tertiary/aromatic N) is 4. The van der Waals surface area contributed by atoms with E-state index >= 15 is 9.18 Å². The number of carbonyl (C=O) groups excluding carboxylic acids is 5. The first-order valence-electron chi connectivity index (χ1n) is 26.7. The highest BCUT2D eigenvalue weighted by molar-refractivity contribution is 6.38. The fourth-order valence-corrected chi connectivity index (χ4v) is 12.3. The highest BCUT2D eigenvalue weighted by Crippen LogP contribution is 2.50. The van der Waals surface area contributed by atoms with E-state index in [1.54, 1.807) is 51.8 Å². The van der Waals surface area contributed by atoms with E-state index in [1.165, 1.54) is 59.2 Å². The number of rotatable bonds is 7. The zero-order valence-electron chi connectivity index (χ0n) is 45.9. The molecular weight excluding hydrogens is 1020 g/mol. The number of hydrogen-bond acceptors (Lipinski definition) is 17. The molecule has 2 unspecified atom stereocenters. The number of allylic oxidation sites excluding steroid dienone is 5. The molecule has 11 atom stereocenters. The summed E-state index contributed by atoms with van der Waals surface area (Å²) < 4.78 is 41.1. The second-order valence-electron chi connectivity index (χ2n) is 22.4. The lowest BCUT2D eigenvalue weighted by Gasteiger charge is -2.38. The number of Topliss-reactive ketones (excluding diaryl/α,β-unsaturated/α-hetero) is 4. The summed E-state index contributed by atoms with van der Waals surface area (Å²) in [7, 11) is 1.41. The van der Waals surface area contributed by atoms with E-state index in [4.69, 9.17) is 24.0 Å². The van der Waals surface area contributed by atoms with E-state index in [2.05, 4.69) is 0 Å². The van der Waals surface area contributed by atoms with Crippen molar-refractivity contribution in [2.24, 2.45) is 40.6 Å².